The van der Waals surface area contributed by atoms with Crippen LogP contribution in [0.5, 0.6) is 0 Å². The van der Waals surface area contributed by atoms with E-state index in [1.165, 1.54) is 6.07 Å². The second-order valence-electron chi connectivity index (χ2n) is 5.01. The van der Waals surface area contributed by atoms with Crippen LogP contribution in [0.25, 0.3) is 0 Å². The fourth-order valence-corrected chi connectivity index (χ4v) is 2.46. The highest BCUT2D eigenvalue weighted by Crippen LogP contribution is 2.19. The van der Waals surface area contributed by atoms with Crippen LogP contribution in [0.1, 0.15) is 32.6 Å². The van der Waals surface area contributed by atoms with Crippen molar-refractivity contribution in [2.45, 2.75) is 26.8 Å². The van der Waals surface area contributed by atoms with E-state index in [1.807, 2.05) is 37.3 Å². The van der Waals surface area contributed by atoms with Crippen molar-refractivity contribution in [1.29, 1.82) is 0 Å². The Hall–Kier alpha value is -2.00. The van der Waals surface area contributed by atoms with E-state index in [4.69, 9.17) is 5.73 Å². The summed E-state index contributed by atoms with van der Waals surface area (Å²) in [5.74, 6) is -0.654. The number of rotatable bonds is 4. The van der Waals surface area contributed by atoms with Crippen molar-refractivity contribution in [3.63, 3.8) is 0 Å². The number of halogens is 1. The SMILES string of the molecule is Cc1cc(C)c(C(=O)Cc2ccccc2CN)c(F)c1. The molecule has 0 aliphatic heterocycles. The molecular formula is C17H18FNO. The highest BCUT2D eigenvalue weighted by Gasteiger charge is 2.16. The Balaban J connectivity index is 2.34. The smallest absolute Gasteiger partial charge is 0.170 e. The Morgan fingerprint density at radius 1 is 1.15 bits per heavy atom. The summed E-state index contributed by atoms with van der Waals surface area (Å²) >= 11 is 0. The van der Waals surface area contributed by atoms with Crippen LogP contribution >= 0.6 is 0 Å². The molecule has 2 aromatic carbocycles. The predicted octanol–water partition coefficient (Wildman–Crippen LogP) is 3.33. The summed E-state index contributed by atoms with van der Waals surface area (Å²) in [6, 6.07) is 10.7. The number of benzene rings is 2. The number of Topliss-reactive ketones (excluding diaryl/α,β-unsaturated/α-hetero) is 1. The molecule has 0 aromatic heterocycles. The summed E-state index contributed by atoms with van der Waals surface area (Å²) in [6.45, 7) is 3.95. The van der Waals surface area contributed by atoms with Gasteiger partial charge >= 0.3 is 0 Å². The molecule has 2 rings (SSSR count). The number of aryl methyl sites for hydroxylation is 2. The van der Waals surface area contributed by atoms with Gasteiger partial charge in [0, 0.05) is 13.0 Å². The van der Waals surface area contributed by atoms with E-state index in [0.29, 0.717) is 12.1 Å². The fraction of sp³-hybridized carbons (Fsp3) is 0.235. The Labute approximate surface area is 118 Å². The average Bonchev–Trinajstić information content (AvgIpc) is 2.38. The van der Waals surface area contributed by atoms with Gasteiger partial charge in [-0.2, -0.15) is 0 Å². The van der Waals surface area contributed by atoms with Crippen LogP contribution in [0.15, 0.2) is 36.4 Å². The standard InChI is InChI=1S/C17H18FNO/c1-11-7-12(2)17(15(18)8-11)16(20)9-13-5-3-4-6-14(13)10-19/h3-8H,9-10,19H2,1-2H3. The monoisotopic (exact) mass is 271 g/mol. The molecule has 3 heteroatoms. The first-order valence-electron chi connectivity index (χ1n) is 6.59. The number of carbonyl (C=O) groups is 1. The maximum Gasteiger partial charge on any atom is 0.170 e. The topological polar surface area (TPSA) is 43.1 Å². The second kappa shape index (κ2) is 5.97. The third kappa shape index (κ3) is 2.94. The van der Waals surface area contributed by atoms with Crippen molar-refractivity contribution >= 4 is 5.78 Å². The highest BCUT2D eigenvalue weighted by molar-refractivity contribution is 5.99. The van der Waals surface area contributed by atoms with Gasteiger partial charge in [-0.1, -0.05) is 30.3 Å². The van der Waals surface area contributed by atoms with E-state index < -0.39 is 5.82 Å². The molecule has 104 valence electrons. The Morgan fingerprint density at radius 3 is 2.40 bits per heavy atom. The second-order valence-corrected chi connectivity index (χ2v) is 5.01. The molecular weight excluding hydrogens is 253 g/mol. The van der Waals surface area contributed by atoms with E-state index in [0.717, 1.165) is 16.7 Å². The minimum atomic E-state index is -0.447. The molecule has 20 heavy (non-hydrogen) atoms. The van der Waals surface area contributed by atoms with Crippen molar-refractivity contribution in [3.8, 4) is 0 Å². The van der Waals surface area contributed by atoms with Crippen LogP contribution in [-0.2, 0) is 13.0 Å². The third-order valence-electron chi connectivity index (χ3n) is 3.40. The van der Waals surface area contributed by atoms with Gasteiger partial charge in [0.15, 0.2) is 5.78 Å². The minimum absolute atomic E-state index is 0.175. The van der Waals surface area contributed by atoms with Crippen molar-refractivity contribution in [2.24, 2.45) is 5.73 Å². The molecule has 0 bridgehead atoms. The number of ketones is 1. The van der Waals surface area contributed by atoms with Gasteiger partial charge in [0.05, 0.1) is 5.56 Å². The zero-order chi connectivity index (χ0) is 14.7. The summed E-state index contributed by atoms with van der Waals surface area (Å²) in [5, 5.41) is 0. The Morgan fingerprint density at radius 2 is 1.80 bits per heavy atom. The molecule has 0 spiro atoms. The van der Waals surface area contributed by atoms with E-state index in [2.05, 4.69) is 0 Å². The third-order valence-corrected chi connectivity index (χ3v) is 3.40. The molecule has 0 saturated carbocycles. The lowest BCUT2D eigenvalue weighted by atomic mass is 9.95. The lowest BCUT2D eigenvalue weighted by molar-refractivity contribution is 0.0988. The lowest BCUT2D eigenvalue weighted by Crippen LogP contribution is -2.11. The number of carbonyl (C=O) groups excluding carboxylic acids is 1. The average molecular weight is 271 g/mol. The van der Waals surface area contributed by atoms with Gasteiger partial charge in [-0.15, -0.1) is 0 Å². The van der Waals surface area contributed by atoms with Crippen LogP contribution in [0, 0.1) is 19.7 Å². The van der Waals surface area contributed by atoms with Gasteiger partial charge in [0.1, 0.15) is 5.82 Å². The van der Waals surface area contributed by atoms with Crippen LogP contribution in [0.2, 0.25) is 0 Å². The first-order chi connectivity index (χ1) is 9.52. The van der Waals surface area contributed by atoms with E-state index in [1.54, 1.807) is 6.92 Å². The van der Waals surface area contributed by atoms with Crippen LogP contribution in [0.3, 0.4) is 0 Å². The minimum Gasteiger partial charge on any atom is -0.326 e. The quantitative estimate of drug-likeness (QED) is 0.867. The van der Waals surface area contributed by atoms with Crippen molar-refractivity contribution in [1.82, 2.24) is 0 Å². The molecule has 0 aliphatic carbocycles. The molecule has 2 nitrogen and oxygen atoms in total. The molecule has 0 amide bonds. The van der Waals surface area contributed by atoms with Gasteiger partial charge in [-0.25, -0.2) is 4.39 Å². The van der Waals surface area contributed by atoms with Crippen LogP contribution in [-0.4, -0.2) is 5.78 Å². The lowest BCUT2D eigenvalue weighted by Gasteiger charge is -2.10. The maximum atomic E-state index is 14.0. The molecule has 2 aromatic rings. The molecule has 0 atom stereocenters. The summed E-state index contributed by atoms with van der Waals surface area (Å²) in [5.41, 5.74) is 9.12. The summed E-state index contributed by atoms with van der Waals surface area (Å²) in [7, 11) is 0. The molecule has 0 aliphatic rings. The molecule has 0 heterocycles. The Bertz CT molecular complexity index is 626. The number of hydrogen-bond acceptors (Lipinski definition) is 2. The molecule has 0 fully saturated rings. The largest absolute Gasteiger partial charge is 0.326 e. The Kier molecular flexibility index (Phi) is 4.30. The van der Waals surface area contributed by atoms with E-state index in [-0.39, 0.29) is 17.8 Å². The van der Waals surface area contributed by atoms with Crippen molar-refractivity contribution < 1.29 is 9.18 Å². The van der Waals surface area contributed by atoms with Crippen molar-refractivity contribution in [3.05, 3.63) is 70.0 Å². The van der Waals surface area contributed by atoms with Crippen LogP contribution < -0.4 is 5.73 Å². The maximum absolute atomic E-state index is 14.0. The zero-order valence-corrected chi connectivity index (χ0v) is 11.7. The molecule has 0 radical (unpaired) electrons. The normalized spacial score (nSPS) is 10.6. The van der Waals surface area contributed by atoms with E-state index in [9.17, 15) is 9.18 Å². The van der Waals surface area contributed by atoms with Gasteiger partial charge < -0.3 is 5.73 Å². The highest BCUT2D eigenvalue weighted by atomic mass is 19.1. The van der Waals surface area contributed by atoms with Crippen LogP contribution in [0.4, 0.5) is 4.39 Å². The van der Waals surface area contributed by atoms with Crippen molar-refractivity contribution in [2.75, 3.05) is 0 Å². The summed E-state index contributed by atoms with van der Waals surface area (Å²) in [6.07, 6.45) is 0.175. The molecule has 0 unspecified atom stereocenters. The molecule has 2 N–H and O–H groups in total. The van der Waals surface area contributed by atoms with Gasteiger partial charge in [-0.3, -0.25) is 4.79 Å². The molecule has 0 saturated heterocycles. The van der Waals surface area contributed by atoms with E-state index >= 15 is 0 Å². The van der Waals surface area contributed by atoms with Gasteiger partial charge in [-0.05, 0) is 42.2 Å². The first-order valence-corrected chi connectivity index (χ1v) is 6.59. The number of nitrogens with two attached hydrogens (primary N) is 1. The summed E-state index contributed by atoms with van der Waals surface area (Å²) in [4.78, 5) is 12.4. The number of hydrogen-bond donors (Lipinski definition) is 1. The zero-order valence-electron chi connectivity index (χ0n) is 11.7. The summed E-state index contributed by atoms with van der Waals surface area (Å²) < 4.78 is 14.0. The first kappa shape index (κ1) is 14.4. The predicted molar refractivity (Wildman–Crippen MR) is 78.2 cm³/mol. The van der Waals surface area contributed by atoms with Gasteiger partial charge in [0.2, 0.25) is 0 Å². The van der Waals surface area contributed by atoms with Gasteiger partial charge in [0.25, 0.3) is 0 Å². The fourth-order valence-electron chi connectivity index (χ4n) is 2.46.